The van der Waals surface area contributed by atoms with Crippen LogP contribution in [-0.2, 0) is 16.1 Å². The fraction of sp³-hybridized carbons (Fsp3) is 0.688. The maximum absolute atomic E-state index is 12.7. The largest absolute Gasteiger partial charge is 0.336 e. The van der Waals surface area contributed by atoms with Gasteiger partial charge in [-0.2, -0.15) is 5.10 Å². The van der Waals surface area contributed by atoms with E-state index in [2.05, 4.69) is 18.1 Å². The standard InChI is InChI=1S/C16H24N4O2S/c1-12-7-13(2)20(17-12)8-14-5-3-4-6-19(14)15(21)9-18-11-23-10-16(18)22/h7,14H,3-6,8-11H2,1-2H3/t14-/m1/s1. The Morgan fingerprint density at radius 1 is 1.39 bits per heavy atom. The molecule has 0 aromatic carbocycles. The van der Waals surface area contributed by atoms with Crippen LogP contribution in [0.1, 0.15) is 30.7 Å². The third-order valence-electron chi connectivity index (χ3n) is 4.59. The van der Waals surface area contributed by atoms with Gasteiger partial charge in [-0.3, -0.25) is 14.3 Å². The number of piperidine rings is 1. The first-order chi connectivity index (χ1) is 11.0. The second kappa shape index (κ2) is 6.95. The molecular weight excluding hydrogens is 312 g/mol. The van der Waals surface area contributed by atoms with E-state index in [1.54, 1.807) is 16.7 Å². The molecule has 23 heavy (non-hydrogen) atoms. The van der Waals surface area contributed by atoms with Crippen LogP contribution in [0.2, 0.25) is 0 Å². The van der Waals surface area contributed by atoms with Crippen molar-refractivity contribution < 1.29 is 9.59 Å². The molecule has 2 amide bonds. The van der Waals surface area contributed by atoms with E-state index in [1.807, 2.05) is 16.5 Å². The van der Waals surface area contributed by atoms with Crippen molar-refractivity contribution in [1.29, 1.82) is 0 Å². The van der Waals surface area contributed by atoms with E-state index in [1.165, 1.54) is 0 Å². The highest BCUT2D eigenvalue weighted by Crippen LogP contribution is 2.21. The summed E-state index contributed by atoms with van der Waals surface area (Å²) in [5.74, 6) is 1.30. The van der Waals surface area contributed by atoms with Gasteiger partial charge in [0.15, 0.2) is 0 Å². The molecule has 2 aliphatic heterocycles. The molecule has 0 unspecified atom stereocenters. The van der Waals surface area contributed by atoms with E-state index in [0.717, 1.165) is 43.7 Å². The van der Waals surface area contributed by atoms with Crippen LogP contribution in [0.15, 0.2) is 6.07 Å². The third-order valence-corrected chi connectivity index (χ3v) is 5.53. The average molecular weight is 336 g/mol. The first-order valence-electron chi connectivity index (χ1n) is 8.20. The van der Waals surface area contributed by atoms with Crippen molar-refractivity contribution in [3.63, 3.8) is 0 Å². The van der Waals surface area contributed by atoms with Crippen LogP contribution in [0, 0.1) is 13.8 Å². The molecule has 1 aromatic heterocycles. The molecule has 3 heterocycles. The maximum atomic E-state index is 12.7. The number of aryl methyl sites for hydroxylation is 2. The summed E-state index contributed by atoms with van der Waals surface area (Å²) >= 11 is 1.58. The van der Waals surface area contributed by atoms with Crippen molar-refractivity contribution in [2.75, 3.05) is 24.7 Å². The minimum atomic E-state index is 0.0760. The van der Waals surface area contributed by atoms with Gasteiger partial charge in [-0.05, 0) is 39.2 Å². The van der Waals surface area contributed by atoms with Crippen LogP contribution in [0.5, 0.6) is 0 Å². The molecule has 1 aromatic rings. The Kier molecular flexibility index (Phi) is 4.94. The van der Waals surface area contributed by atoms with E-state index in [-0.39, 0.29) is 24.4 Å². The molecule has 2 aliphatic rings. The van der Waals surface area contributed by atoms with Crippen molar-refractivity contribution in [3.05, 3.63) is 17.5 Å². The molecule has 3 rings (SSSR count). The number of aromatic nitrogens is 2. The molecule has 126 valence electrons. The minimum Gasteiger partial charge on any atom is -0.336 e. The number of hydrogen-bond donors (Lipinski definition) is 0. The maximum Gasteiger partial charge on any atom is 0.242 e. The lowest BCUT2D eigenvalue weighted by Crippen LogP contribution is -2.50. The molecule has 0 radical (unpaired) electrons. The second-order valence-electron chi connectivity index (χ2n) is 6.42. The van der Waals surface area contributed by atoms with Gasteiger partial charge in [0.1, 0.15) is 6.54 Å². The van der Waals surface area contributed by atoms with Crippen LogP contribution >= 0.6 is 11.8 Å². The summed E-state index contributed by atoms with van der Waals surface area (Å²) in [5.41, 5.74) is 2.14. The van der Waals surface area contributed by atoms with Crippen molar-refractivity contribution in [2.45, 2.75) is 45.7 Å². The predicted octanol–water partition coefficient (Wildman–Crippen LogP) is 1.41. The SMILES string of the molecule is Cc1cc(C)n(C[C@H]2CCCCN2C(=O)CN2CSCC2=O)n1. The molecule has 2 fully saturated rings. The van der Waals surface area contributed by atoms with Crippen molar-refractivity contribution >= 4 is 23.6 Å². The van der Waals surface area contributed by atoms with Crippen LogP contribution in [0.4, 0.5) is 0 Å². The number of carbonyl (C=O) groups excluding carboxylic acids is 2. The van der Waals surface area contributed by atoms with Gasteiger partial charge in [-0.25, -0.2) is 0 Å². The van der Waals surface area contributed by atoms with E-state index >= 15 is 0 Å². The molecule has 0 spiro atoms. The number of likely N-dealkylation sites (tertiary alicyclic amines) is 1. The Morgan fingerprint density at radius 2 is 2.22 bits per heavy atom. The molecule has 1 atom stereocenters. The highest BCUT2D eigenvalue weighted by atomic mass is 32.2. The van der Waals surface area contributed by atoms with E-state index in [9.17, 15) is 9.59 Å². The zero-order valence-corrected chi connectivity index (χ0v) is 14.6. The van der Waals surface area contributed by atoms with Gasteiger partial charge in [-0.15, -0.1) is 11.8 Å². The number of amides is 2. The molecule has 0 aliphatic carbocycles. The number of hydrogen-bond acceptors (Lipinski definition) is 4. The summed E-state index contributed by atoms with van der Waals surface area (Å²) in [5, 5.41) is 4.52. The summed E-state index contributed by atoms with van der Waals surface area (Å²) in [6, 6.07) is 2.24. The minimum absolute atomic E-state index is 0.0760. The van der Waals surface area contributed by atoms with Crippen LogP contribution < -0.4 is 0 Å². The normalized spacial score (nSPS) is 22.0. The highest BCUT2D eigenvalue weighted by Gasteiger charge is 2.31. The highest BCUT2D eigenvalue weighted by molar-refractivity contribution is 8.00. The third kappa shape index (κ3) is 3.71. The van der Waals surface area contributed by atoms with Gasteiger partial charge in [-0.1, -0.05) is 0 Å². The van der Waals surface area contributed by atoms with Crippen LogP contribution in [0.25, 0.3) is 0 Å². The topological polar surface area (TPSA) is 58.4 Å². The molecular formula is C16H24N4O2S. The van der Waals surface area contributed by atoms with Crippen LogP contribution in [-0.4, -0.2) is 62.2 Å². The quantitative estimate of drug-likeness (QED) is 0.834. The molecule has 7 heteroatoms. The molecule has 2 saturated heterocycles. The lowest BCUT2D eigenvalue weighted by atomic mass is 10.0. The van der Waals surface area contributed by atoms with Crippen molar-refractivity contribution in [3.8, 4) is 0 Å². The van der Waals surface area contributed by atoms with Gasteiger partial charge in [0.2, 0.25) is 11.8 Å². The number of thioether (sulfide) groups is 1. The summed E-state index contributed by atoms with van der Waals surface area (Å²) in [6.45, 7) is 5.80. The van der Waals surface area contributed by atoms with Gasteiger partial charge >= 0.3 is 0 Å². The Morgan fingerprint density at radius 3 is 2.87 bits per heavy atom. The van der Waals surface area contributed by atoms with E-state index in [0.29, 0.717) is 11.6 Å². The van der Waals surface area contributed by atoms with Gasteiger partial charge < -0.3 is 9.80 Å². The zero-order valence-electron chi connectivity index (χ0n) is 13.8. The number of carbonyl (C=O) groups is 2. The lowest BCUT2D eigenvalue weighted by Gasteiger charge is -2.36. The smallest absolute Gasteiger partial charge is 0.242 e. The van der Waals surface area contributed by atoms with Crippen molar-refractivity contribution in [1.82, 2.24) is 19.6 Å². The summed E-state index contributed by atoms with van der Waals surface area (Å²) < 4.78 is 2.00. The Hall–Kier alpha value is -1.50. The Bertz CT molecular complexity index is 601. The molecule has 0 saturated carbocycles. The van der Waals surface area contributed by atoms with Crippen LogP contribution in [0.3, 0.4) is 0 Å². The van der Waals surface area contributed by atoms with Gasteiger partial charge in [0, 0.05) is 12.2 Å². The average Bonchev–Trinajstić information content (AvgIpc) is 3.05. The van der Waals surface area contributed by atoms with E-state index in [4.69, 9.17) is 0 Å². The second-order valence-corrected chi connectivity index (χ2v) is 7.37. The van der Waals surface area contributed by atoms with E-state index < -0.39 is 0 Å². The van der Waals surface area contributed by atoms with Gasteiger partial charge in [0.25, 0.3) is 0 Å². The monoisotopic (exact) mass is 336 g/mol. The summed E-state index contributed by atoms with van der Waals surface area (Å²) in [7, 11) is 0. The van der Waals surface area contributed by atoms with Crippen molar-refractivity contribution in [2.24, 2.45) is 0 Å². The number of nitrogens with zero attached hydrogens (tertiary/aromatic N) is 4. The Balaban J connectivity index is 1.67. The molecule has 0 bridgehead atoms. The fourth-order valence-corrected chi connectivity index (χ4v) is 4.28. The Labute approximate surface area is 141 Å². The zero-order chi connectivity index (χ0) is 16.4. The number of rotatable bonds is 4. The summed E-state index contributed by atoms with van der Waals surface area (Å²) in [4.78, 5) is 28.1. The molecule has 0 N–H and O–H groups in total. The first-order valence-corrected chi connectivity index (χ1v) is 9.36. The summed E-state index contributed by atoms with van der Waals surface area (Å²) in [6.07, 6.45) is 3.20. The lowest BCUT2D eigenvalue weighted by molar-refractivity contribution is -0.140. The molecule has 6 nitrogen and oxygen atoms in total. The fourth-order valence-electron chi connectivity index (χ4n) is 3.37. The van der Waals surface area contributed by atoms with Gasteiger partial charge in [0.05, 0.1) is 29.9 Å². The predicted molar refractivity (Wildman–Crippen MR) is 90.1 cm³/mol. The first kappa shape index (κ1) is 16.4.